The van der Waals surface area contributed by atoms with Gasteiger partial charge in [0.1, 0.15) is 0 Å². The van der Waals surface area contributed by atoms with Crippen molar-refractivity contribution >= 4 is 11.8 Å². The number of hydrogen-bond acceptors (Lipinski definition) is 2. The van der Waals surface area contributed by atoms with Crippen LogP contribution in [-0.2, 0) is 5.11 Å². The molecule has 1 aliphatic rings. The van der Waals surface area contributed by atoms with Crippen LogP contribution >= 0.6 is 11.8 Å². The molecule has 53 valence electrons. The van der Waals surface area contributed by atoms with Crippen LogP contribution in [0.3, 0.4) is 0 Å². The van der Waals surface area contributed by atoms with Crippen LogP contribution in [0.2, 0.25) is 0 Å². The van der Waals surface area contributed by atoms with Crippen molar-refractivity contribution in [3.8, 4) is 0 Å². The number of rotatable bonds is 2. The quantitative estimate of drug-likeness (QED) is 0.565. The van der Waals surface area contributed by atoms with Crippen molar-refractivity contribution in [2.75, 3.05) is 37.7 Å². The molecular weight excluding hydrogens is 134 g/mol. The van der Waals surface area contributed by atoms with E-state index in [4.69, 9.17) is 0 Å². The Morgan fingerprint density at radius 2 is 2.00 bits per heavy atom. The van der Waals surface area contributed by atoms with Gasteiger partial charge in [0.15, 0.2) is 0 Å². The SMILES string of the molecule is [O]CCN1CCSCC1. The molecule has 1 heterocycles. The molecule has 1 aliphatic heterocycles. The Morgan fingerprint density at radius 1 is 1.33 bits per heavy atom. The minimum Gasteiger partial charge on any atom is -0.299 e. The number of nitrogens with zero attached hydrogens (tertiary/aromatic N) is 1. The van der Waals surface area contributed by atoms with Crippen molar-refractivity contribution in [2.45, 2.75) is 0 Å². The first-order chi connectivity index (χ1) is 4.43. The average molecular weight is 146 g/mol. The van der Waals surface area contributed by atoms with E-state index in [-0.39, 0.29) is 6.61 Å². The van der Waals surface area contributed by atoms with Crippen molar-refractivity contribution in [3.05, 3.63) is 0 Å². The van der Waals surface area contributed by atoms with E-state index in [9.17, 15) is 5.11 Å². The van der Waals surface area contributed by atoms with E-state index in [1.54, 1.807) is 0 Å². The van der Waals surface area contributed by atoms with Crippen LogP contribution in [0.4, 0.5) is 0 Å². The van der Waals surface area contributed by atoms with E-state index in [1.807, 2.05) is 11.8 Å². The Hall–Kier alpha value is 0.270. The van der Waals surface area contributed by atoms with Crippen molar-refractivity contribution in [1.82, 2.24) is 4.90 Å². The summed E-state index contributed by atoms with van der Waals surface area (Å²) in [7, 11) is 0. The van der Waals surface area contributed by atoms with E-state index in [0.29, 0.717) is 0 Å². The third-order valence-corrected chi connectivity index (χ3v) is 2.45. The second kappa shape index (κ2) is 4.14. The Morgan fingerprint density at radius 3 is 2.56 bits per heavy atom. The summed E-state index contributed by atoms with van der Waals surface area (Å²) in [5.74, 6) is 2.42. The molecule has 0 spiro atoms. The molecule has 0 bridgehead atoms. The van der Waals surface area contributed by atoms with Crippen LogP contribution in [0.15, 0.2) is 0 Å². The maximum absolute atomic E-state index is 10.1. The van der Waals surface area contributed by atoms with Gasteiger partial charge >= 0.3 is 0 Å². The summed E-state index contributed by atoms with van der Waals surface area (Å²) in [6.45, 7) is 3.05. The molecule has 0 unspecified atom stereocenters. The highest BCUT2D eigenvalue weighted by molar-refractivity contribution is 7.99. The highest BCUT2D eigenvalue weighted by Crippen LogP contribution is 2.07. The first-order valence-corrected chi connectivity index (χ1v) is 4.47. The molecule has 0 aromatic rings. The van der Waals surface area contributed by atoms with E-state index in [1.165, 1.54) is 11.5 Å². The molecule has 0 saturated carbocycles. The monoisotopic (exact) mass is 146 g/mol. The van der Waals surface area contributed by atoms with Gasteiger partial charge in [-0.25, -0.2) is 5.11 Å². The fraction of sp³-hybridized carbons (Fsp3) is 1.00. The van der Waals surface area contributed by atoms with Crippen molar-refractivity contribution in [2.24, 2.45) is 0 Å². The van der Waals surface area contributed by atoms with E-state index in [0.717, 1.165) is 19.6 Å². The zero-order chi connectivity index (χ0) is 6.53. The first kappa shape index (κ1) is 7.38. The van der Waals surface area contributed by atoms with Gasteiger partial charge in [-0.05, 0) is 0 Å². The smallest absolute Gasteiger partial charge is 0.0949 e. The molecule has 1 rings (SSSR count). The number of hydrogen-bond donors (Lipinski definition) is 0. The summed E-state index contributed by atoms with van der Waals surface area (Å²) in [6, 6.07) is 0. The molecule has 1 fully saturated rings. The predicted octanol–water partition coefficient (Wildman–Crippen LogP) is 0.466. The van der Waals surface area contributed by atoms with Gasteiger partial charge in [0.2, 0.25) is 0 Å². The average Bonchev–Trinajstić information content (AvgIpc) is 1.91. The van der Waals surface area contributed by atoms with Crippen LogP contribution in [0.5, 0.6) is 0 Å². The summed E-state index contributed by atoms with van der Waals surface area (Å²) in [5, 5.41) is 10.1. The molecule has 1 radical (unpaired) electrons. The molecule has 2 nitrogen and oxygen atoms in total. The standard InChI is InChI=1S/C6H12NOS/c8-4-1-7-2-5-9-6-3-7/h1-6H2. The minimum atomic E-state index is 0.0602. The molecule has 1 saturated heterocycles. The molecular formula is C6H12NOS. The van der Waals surface area contributed by atoms with E-state index >= 15 is 0 Å². The Balaban J connectivity index is 2.08. The van der Waals surface area contributed by atoms with Crippen LogP contribution < -0.4 is 0 Å². The summed E-state index contributed by atoms with van der Waals surface area (Å²) in [6.07, 6.45) is 0. The van der Waals surface area contributed by atoms with Crippen LogP contribution in [0, 0.1) is 0 Å². The lowest BCUT2D eigenvalue weighted by Gasteiger charge is -2.24. The van der Waals surface area contributed by atoms with Gasteiger partial charge in [-0.2, -0.15) is 11.8 Å². The first-order valence-electron chi connectivity index (χ1n) is 3.31. The topological polar surface area (TPSA) is 23.1 Å². The normalized spacial score (nSPS) is 22.3. The zero-order valence-corrected chi connectivity index (χ0v) is 6.32. The van der Waals surface area contributed by atoms with Gasteiger partial charge in [0.05, 0.1) is 6.61 Å². The summed E-state index contributed by atoms with van der Waals surface area (Å²) < 4.78 is 0. The second-order valence-electron chi connectivity index (χ2n) is 2.16. The van der Waals surface area contributed by atoms with Gasteiger partial charge in [-0.1, -0.05) is 0 Å². The van der Waals surface area contributed by atoms with Crippen molar-refractivity contribution in [3.63, 3.8) is 0 Å². The Labute approximate surface area is 60.2 Å². The lowest BCUT2D eigenvalue weighted by atomic mass is 10.5. The van der Waals surface area contributed by atoms with Gasteiger partial charge in [-0.3, -0.25) is 4.90 Å². The van der Waals surface area contributed by atoms with Gasteiger partial charge < -0.3 is 0 Å². The predicted molar refractivity (Wildman–Crippen MR) is 39.3 cm³/mol. The minimum absolute atomic E-state index is 0.0602. The maximum atomic E-state index is 10.1. The van der Waals surface area contributed by atoms with Crippen LogP contribution in [-0.4, -0.2) is 42.6 Å². The van der Waals surface area contributed by atoms with Gasteiger partial charge in [-0.15, -0.1) is 0 Å². The molecule has 0 N–H and O–H groups in total. The number of thioether (sulfide) groups is 1. The second-order valence-corrected chi connectivity index (χ2v) is 3.38. The maximum Gasteiger partial charge on any atom is 0.0949 e. The van der Waals surface area contributed by atoms with Crippen LogP contribution in [0.1, 0.15) is 0 Å². The third kappa shape index (κ3) is 2.56. The summed E-state index contributed by atoms with van der Waals surface area (Å²) >= 11 is 1.98. The third-order valence-electron chi connectivity index (χ3n) is 1.51. The molecule has 9 heavy (non-hydrogen) atoms. The fourth-order valence-corrected chi connectivity index (χ4v) is 1.93. The molecule has 3 heteroatoms. The molecule has 0 aliphatic carbocycles. The van der Waals surface area contributed by atoms with E-state index < -0.39 is 0 Å². The largest absolute Gasteiger partial charge is 0.299 e. The van der Waals surface area contributed by atoms with Gasteiger partial charge in [0, 0.05) is 31.1 Å². The van der Waals surface area contributed by atoms with Crippen LogP contribution in [0.25, 0.3) is 0 Å². The van der Waals surface area contributed by atoms with Gasteiger partial charge in [0.25, 0.3) is 0 Å². The molecule has 0 amide bonds. The molecule has 0 aromatic heterocycles. The molecule has 0 aromatic carbocycles. The highest BCUT2D eigenvalue weighted by Gasteiger charge is 2.08. The summed E-state index contributed by atoms with van der Waals surface area (Å²) in [5.41, 5.74) is 0. The highest BCUT2D eigenvalue weighted by atomic mass is 32.2. The Bertz CT molecular complexity index is 70.7. The van der Waals surface area contributed by atoms with Crippen molar-refractivity contribution in [1.29, 1.82) is 0 Å². The summed E-state index contributed by atoms with van der Waals surface area (Å²) in [4.78, 5) is 2.24. The lowest BCUT2D eigenvalue weighted by molar-refractivity contribution is 0.146. The van der Waals surface area contributed by atoms with E-state index in [2.05, 4.69) is 4.90 Å². The molecule has 0 atom stereocenters. The Kier molecular flexibility index (Phi) is 3.40. The zero-order valence-electron chi connectivity index (χ0n) is 5.51. The fourth-order valence-electron chi connectivity index (χ4n) is 0.954. The van der Waals surface area contributed by atoms with Crippen molar-refractivity contribution < 1.29 is 5.11 Å². The lowest BCUT2D eigenvalue weighted by Crippen LogP contribution is -2.34.